The van der Waals surface area contributed by atoms with Crippen LogP contribution in [0.5, 0.6) is 0 Å². The lowest BCUT2D eigenvalue weighted by Crippen LogP contribution is -2.09. The van der Waals surface area contributed by atoms with Crippen LogP contribution < -0.4 is 5.32 Å². The van der Waals surface area contributed by atoms with Crippen LogP contribution in [-0.2, 0) is 6.67 Å². The molecule has 118 valence electrons. The molecule has 0 aliphatic rings. The summed E-state index contributed by atoms with van der Waals surface area (Å²) in [6.45, 7) is 0.371. The van der Waals surface area contributed by atoms with Crippen molar-refractivity contribution < 1.29 is 4.42 Å². The number of anilines is 1. The lowest BCUT2D eigenvalue weighted by Gasteiger charge is -2.07. The molecule has 1 aromatic heterocycles. The van der Waals surface area contributed by atoms with Gasteiger partial charge in [0.25, 0.3) is 4.84 Å². The molecule has 3 aromatic rings. The van der Waals surface area contributed by atoms with E-state index in [2.05, 4.69) is 26.3 Å². The van der Waals surface area contributed by atoms with Crippen LogP contribution in [0.2, 0.25) is 10.0 Å². The van der Waals surface area contributed by atoms with Gasteiger partial charge in [0.2, 0.25) is 5.89 Å². The fraction of sp³-hybridized carbons (Fsp3) is 0.0667. The average molecular weight is 431 g/mol. The minimum atomic E-state index is 0.255. The summed E-state index contributed by atoms with van der Waals surface area (Å²) >= 11 is 20.7. The van der Waals surface area contributed by atoms with Crippen molar-refractivity contribution >= 4 is 57.0 Å². The number of hydrogen-bond donors (Lipinski definition) is 1. The molecule has 8 heteroatoms. The van der Waals surface area contributed by atoms with Gasteiger partial charge in [-0.2, -0.15) is 0 Å². The topological polar surface area (TPSA) is 43.0 Å². The van der Waals surface area contributed by atoms with Crippen LogP contribution >= 0.6 is 51.3 Å². The summed E-state index contributed by atoms with van der Waals surface area (Å²) in [5.41, 5.74) is 1.57. The van der Waals surface area contributed by atoms with Gasteiger partial charge in [-0.15, -0.1) is 5.10 Å². The number of benzene rings is 2. The monoisotopic (exact) mass is 429 g/mol. The van der Waals surface area contributed by atoms with Gasteiger partial charge in [-0.1, -0.05) is 35.3 Å². The first-order chi connectivity index (χ1) is 11.0. The first-order valence-corrected chi connectivity index (χ1v) is 8.52. The minimum Gasteiger partial charge on any atom is -0.409 e. The van der Waals surface area contributed by atoms with E-state index in [4.69, 9.17) is 39.8 Å². The van der Waals surface area contributed by atoms with Gasteiger partial charge in [-0.3, -0.25) is 0 Å². The predicted molar refractivity (Wildman–Crippen MR) is 98.5 cm³/mol. The van der Waals surface area contributed by atoms with E-state index in [1.165, 1.54) is 0 Å². The molecular formula is C15H10BrCl2N3OS. The first kappa shape index (κ1) is 16.5. The lowest BCUT2D eigenvalue weighted by atomic mass is 10.2. The molecule has 23 heavy (non-hydrogen) atoms. The summed E-state index contributed by atoms with van der Waals surface area (Å²) < 4.78 is 8.03. The second-order valence-corrected chi connectivity index (χ2v) is 6.66. The molecule has 0 unspecified atom stereocenters. The Morgan fingerprint density at radius 2 is 2.00 bits per heavy atom. The first-order valence-electron chi connectivity index (χ1n) is 6.56. The second-order valence-electron chi connectivity index (χ2n) is 4.61. The second kappa shape index (κ2) is 7.05. The molecule has 1 N–H and O–H groups in total. The highest BCUT2D eigenvalue weighted by atomic mass is 79.9. The Hall–Kier alpha value is -1.34. The van der Waals surface area contributed by atoms with Gasteiger partial charge < -0.3 is 9.73 Å². The third kappa shape index (κ3) is 3.77. The van der Waals surface area contributed by atoms with Crippen molar-refractivity contribution in [2.45, 2.75) is 6.67 Å². The Balaban J connectivity index is 1.84. The van der Waals surface area contributed by atoms with Crippen LogP contribution in [0, 0.1) is 4.84 Å². The predicted octanol–water partition coefficient (Wildman–Crippen LogP) is 6.01. The molecule has 0 atom stereocenters. The Morgan fingerprint density at radius 1 is 1.22 bits per heavy atom. The number of nitrogens with zero attached hydrogens (tertiary/aromatic N) is 2. The van der Waals surface area contributed by atoms with E-state index in [1.54, 1.807) is 22.9 Å². The zero-order chi connectivity index (χ0) is 16.4. The van der Waals surface area contributed by atoms with Crippen LogP contribution in [-0.4, -0.2) is 9.78 Å². The highest BCUT2D eigenvalue weighted by Crippen LogP contribution is 2.29. The van der Waals surface area contributed by atoms with Gasteiger partial charge >= 0.3 is 0 Å². The van der Waals surface area contributed by atoms with E-state index in [-0.39, 0.29) is 4.84 Å². The van der Waals surface area contributed by atoms with Gasteiger partial charge in [0.1, 0.15) is 6.67 Å². The maximum Gasteiger partial charge on any atom is 0.289 e. The number of nitrogens with one attached hydrogen (secondary N) is 1. The molecule has 0 saturated heterocycles. The van der Waals surface area contributed by atoms with Crippen molar-refractivity contribution in [3.05, 3.63) is 61.8 Å². The van der Waals surface area contributed by atoms with E-state index in [0.29, 0.717) is 28.2 Å². The van der Waals surface area contributed by atoms with Crippen LogP contribution in [0.3, 0.4) is 0 Å². The fourth-order valence-corrected chi connectivity index (χ4v) is 3.04. The molecule has 3 rings (SSSR count). The maximum absolute atomic E-state index is 6.17. The Morgan fingerprint density at radius 3 is 2.74 bits per heavy atom. The van der Waals surface area contributed by atoms with Gasteiger partial charge in [-0.25, -0.2) is 4.68 Å². The highest BCUT2D eigenvalue weighted by molar-refractivity contribution is 9.10. The number of para-hydroxylation sites is 1. The summed E-state index contributed by atoms with van der Waals surface area (Å²) in [6.07, 6.45) is 0. The summed E-state index contributed by atoms with van der Waals surface area (Å²) in [5.74, 6) is 0.352. The molecule has 4 nitrogen and oxygen atoms in total. The normalized spacial score (nSPS) is 10.7. The molecule has 0 amide bonds. The van der Waals surface area contributed by atoms with Crippen molar-refractivity contribution in [2.24, 2.45) is 0 Å². The van der Waals surface area contributed by atoms with E-state index in [9.17, 15) is 0 Å². The SMILES string of the molecule is S=c1oc(-c2ccc(Cl)cc2Cl)nn1CNc1ccccc1Br. The van der Waals surface area contributed by atoms with E-state index >= 15 is 0 Å². The zero-order valence-electron chi connectivity index (χ0n) is 11.6. The number of aromatic nitrogens is 2. The van der Waals surface area contributed by atoms with Crippen LogP contribution in [0.25, 0.3) is 11.5 Å². The summed E-state index contributed by atoms with van der Waals surface area (Å²) in [7, 11) is 0. The molecule has 0 fully saturated rings. The van der Waals surface area contributed by atoms with Gasteiger partial charge in [0.15, 0.2) is 0 Å². The number of rotatable bonds is 4. The average Bonchev–Trinajstić information content (AvgIpc) is 2.87. The van der Waals surface area contributed by atoms with Crippen molar-refractivity contribution in [1.29, 1.82) is 0 Å². The summed E-state index contributed by atoms with van der Waals surface area (Å²) in [6, 6.07) is 12.9. The smallest absolute Gasteiger partial charge is 0.289 e. The lowest BCUT2D eigenvalue weighted by molar-refractivity contribution is 0.522. The highest BCUT2D eigenvalue weighted by Gasteiger charge is 2.12. The van der Waals surface area contributed by atoms with Crippen molar-refractivity contribution in [3.8, 4) is 11.5 Å². The van der Waals surface area contributed by atoms with Gasteiger partial charge in [0.05, 0.1) is 10.6 Å². The standard InChI is InChI=1S/C15H10BrCl2N3OS/c16-11-3-1-2-4-13(11)19-8-21-15(23)22-14(20-21)10-6-5-9(17)7-12(10)18/h1-7,19H,8H2. The maximum atomic E-state index is 6.17. The van der Waals surface area contributed by atoms with Crippen molar-refractivity contribution in [2.75, 3.05) is 5.32 Å². The molecule has 0 spiro atoms. The van der Waals surface area contributed by atoms with Gasteiger partial charge in [-0.05, 0) is 58.5 Å². The third-order valence-corrected chi connectivity index (χ3v) is 4.59. The molecule has 0 aliphatic carbocycles. The Labute approximate surface area is 156 Å². The number of halogens is 3. The molecule has 0 bridgehead atoms. The van der Waals surface area contributed by atoms with Crippen molar-refractivity contribution in [3.63, 3.8) is 0 Å². The quantitative estimate of drug-likeness (QED) is 0.514. The summed E-state index contributed by atoms with van der Waals surface area (Å²) in [5, 5.41) is 8.59. The van der Waals surface area contributed by atoms with E-state index in [0.717, 1.165) is 10.2 Å². The van der Waals surface area contributed by atoms with Crippen LogP contribution in [0.15, 0.2) is 51.4 Å². The number of hydrogen-bond acceptors (Lipinski definition) is 4. The van der Waals surface area contributed by atoms with Gasteiger partial charge in [0, 0.05) is 15.2 Å². The third-order valence-electron chi connectivity index (χ3n) is 3.06. The molecule has 1 heterocycles. The molecular weight excluding hydrogens is 421 g/mol. The fourth-order valence-electron chi connectivity index (χ4n) is 1.94. The Kier molecular flexibility index (Phi) is 5.06. The molecule has 0 saturated carbocycles. The molecule has 0 aliphatic heterocycles. The van der Waals surface area contributed by atoms with Crippen molar-refractivity contribution in [1.82, 2.24) is 9.78 Å². The van der Waals surface area contributed by atoms with E-state index < -0.39 is 0 Å². The minimum absolute atomic E-state index is 0.255. The van der Waals surface area contributed by atoms with Crippen LogP contribution in [0.4, 0.5) is 5.69 Å². The molecule has 2 aromatic carbocycles. The summed E-state index contributed by atoms with van der Waals surface area (Å²) in [4.78, 5) is 0.255. The Bertz CT molecular complexity index is 910. The largest absolute Gasteiger partial charge is 0.409 e. The molecule has 0 radical (unpaired) electrons. The van der Waals surface area contributed by atoms with Crippen LogP contribution in [0.1, 0.15) is 0 Å². The zero-order valence-corrected chi connectivity index (χ0v) is 15.5. The van der Waals surface area contributed by atoms with E-state index in [1.807, 2.05) is 24.3 Å².